The predicted octanol–water partition coefficient (Wildman–Crippen LogP) is 16.5. The maximum absolute atomic E-state index is 12.7. The molecule has 0 aliphatic carbocycles. The zero-order valence-corrected chi connectivity index (χ0v) is 39.3. The van der Waals surface area contributed by atoms with Crippen molar-refractivity contribution >= 4 is 17.9 Å². The van der Waals surface area contributed by atoms with Gasteiger partial charge in [0.15, 0.2) is 6.10 Å². The van der Waals surface area contributed by atoms with Crippen LogP contribution in [0.15, 0.2) is 36.5 Å². The molecular weight excluding hydrogens is 733 g/mol. The molecule has 0 saturated heterocycles. The number of carbonyl (C=O) groups is 3. The van der Waals surface area contributed by atoms with E-state index < -0.39 is 6.10 Å². The SMILES string of the molecule is CCCCCCC/C=C\C/C=C\C/C=C\CCCCCCCCCCC(=O)OCC(COC(=O)CCCCCCCC)OC(=O)CCCCCCCCCCCCCC. The summed E-state index contributed by atoms with van der Waals surface area (Å²) in [4.78, 5) is 37.6. The van der Waals surface area contributed by atoms with Crippen LogP contribution in [0.3, 0.4) is 0 Å². The van der Waals surface area contributed by atoms with E-state index in [1.54, 1.807) is 0 Å². The first-order valence-corrected chi connectivity index (χ1v) is 25.5. The minimum atomic E-state index is -0.767. The van der Waals surface area contributed by atoms with Gasteiger partial charge in [-0.3, -0.25) is 14.4 Å². The van der Waals surface area contributed by atoms with Crippen LogP contribution in [-0.4, -0.2) is 37.2 Å². The van der Waals surface area contributed by atoms with Gasteiger partial charge in [0.2, 0.25) is 0 Å². The highest BCUT2D eigenvalue weighted by molar-refractivity contribution is 5.71. The summed E-state index contributed by atoms with van der Waals surface area (Å²) in [5, 5.41) is 0. The van der Waals surface area contributed by atoms with Gasteiger partial charge in [-0.1, -0.05) is 224 Å². The molecule has 59 heavy (non-hydrogen) atoms. The van der Waals surface area contributed by atoms with Crippen molar-refractivity contribution in [2.24, 2.45) is 0 Å². The summed E-state index contributed by atoms with van der Waals surface area (Å²) in [6.07, 6.45) is 55.8. The number of rotatable bonds is 46. The lowest BCUT2D eigenvalue weighted by Crippen LogP contribution is -2.30. The van der Waals surface area contributed by atoms with Crippen LogP contribution in [0.25, 0.3) is 0 Å². The third-order valence-electron chi connectivity index (χ3n) is 11.1. The summed E-state index contributed by atoms with van der Waals surface area (Å²) in [6, 6.07) is 0. The second kappa shape index (κ2) is 48.3. The summed E-state index contributed by atoms with van der Waals surface area (Å²) in [7, 11) is 0. The van der Waals surface area contributed by atoms with E-state index in [1.165, 1.54) is 148 Å². The third-order valence-corrected chi connectivity index (χ3v) is 11.1. The molecule has 6 heteroatoms. The average Bonchev–Trinajstić information content (AvgIpc) is 3.23. The van der Waals surface area contributed by atoms with E-state index in [4.69, 9.17) is 14.2 Å². The van der Waals surface area contributed by atoms with E-state index in [9.17, 15) is 14.4 Å². The number of carbonyl (C=O) groups excluding carboxylic acids is 3. The summed E-state index contributed by atoms with van der Waals surface area (Å²) in [5.41, 5.74) is 0. The first kappa shape index (κ1) is 56.6. The lowest BCUT2D eigenvalue weighted by Gasteiger charge is -2.18. The van der Waals surface area contributed by atoms with E-state index in [0.717, 1.165) is 77.0 Å². The highest BCUT2D eigenvalue weighted by Crippen LogP contribution is 2.15. The van der Waals surface area contributed by atoms with Crippen LogP contribution in [0.1, 0.15) is 265 Å². The summed E-state index contributed by atoms with van der Waals surface area (Å²) >= 11 is 0. The second-order valence-electron chi connectivity index (χ2n) is 17.1. The molecule has 0 aliphatic rings. The Labute approximate surface area is 365 Å². The largest absolute Gasteiger partial charge is 0.462 e. The number of allylic oxidation sites excluding steroid dienone is 6. The third kappa shape index (κ3) is 46.5. The zero-order chi connectivity index (χ0) is 43.0. The van der Waals surface area contributed by atoms with Crippen LogP contribution in [0.5, 0.6) is 0 Å². The van der Waals surface area contributed by atoms with Gasteiger partial charge < -0.3 is 14.2 Å². The van der Waals surface area contributed by atoms with Gasteiger partial charge in [-0.25, -0.2) is 0 Å². The molecule has 0 rings (SSSR count). The van der Waals surface area contributed by atoms with Crippen molar-refractivity contribution in [3.8, 4) is 0 Å². The maximum Gasteiger partial charge on any atom is 0.306 e. The molecule has 0 spiro atoms. The Morgan fingerprint density at radius 1 is 0.339 bits per heavy atom. The van der Waals surface area contributed by atoms with E-state index >= 15 is 0 Å². The van der Waals surface area contributed by atoms with Gasteiger partial charge in [0.1, 0.15) is 13.2 Å². The van der Waals surface area contributed by atoms with Gasteiger partial charge in [0.05, 0.1) is 0 Å². The van der Waals surface area contributed by atoms with Crippen molar-refractivity contribution in [2.75, 3.05) is 13.2 Å². The first-order chi connectivity index (χ1) is 29.0. The summed E-state index contributed by atoms with van der Waals surface area (Å²) < 4.78 is 16.7. The van der Waals surface area contributed by atoms with Crippen molar-refractivity contribution in [1.29, 1.82) is 0 Å². The molecule has 0 bridgehead atoms. The molecule has 0 heterocycles. The Morgan fingerprint density at radius 3 is 0.949 bits per heavy atom. The fourth-order valence-corrected chi connectivity index (χ4v) is 7.27. The molecule has 0 aromatic carbocycles. The molecular formula is C53H96O6. The molecule has 0 amide bonds. The van der Waals surface area contributed by atoms with Crippen LogP contribution < -0.4 is 0 Å². The summed E-state index contributed by atoms with van der Waals surface area (Å²) in [5.74, 6) is -0.882. The molecule has 1 unspecified atom stereocenters. The predicted molar refractivity (Wildman–Crippen MR) is 252 cm³/mol. The Hall–Kier alpha value is -2.37. The van der Waals surface area contributed by atoms with Gasteiger partial charge in [0.25, 0.3) is 0 Å². The van der Waals surface area contributed by atoms with Gasteiger partial charge in [0, 0.05) is 19.3 Å². The number of unbranched alkanes of at least 4 members (excludes halogenated alkanes) is 29. The van der Waals surface area contributed by atoms with E-state index in [1.807, 2.05) is 0 Å². The normalized spacial score (nSPS) is 12.3. The highest BCUT2D eigenvalue weighted by Gasteiger charge is 2.19. The Balaban J connectivity index is 4.14. The van der Waals surface area contributed by atoms with Crippen molar-refractivity contribution in [1.82, 2.24) is 0 Å². The number of hydrogen-bond donors (Lipinski definition) is 0. The van der Waals surface area contributed by atoms with Gasteiger partial charge in [-0.05, 0) is 57.8 Å². The molecule has 0 aliphatic heterocycles. The average molecular weight is 829 g/mol. The Bertz CT molecular complexity index is 1000. The lowest BCUT2D eigenvalue weighted by molar-refractivity contribution is -0.167. The minimum Gasteiger partial charge on any atom is -0.462 e. The van der Waals surface area contributed by atoms with Crippen molar-refractivity contribution < 1.29 is 28.6 Å². The van der Waals surface area contributed by atoms with E-state index in [2.05, 4.69) is 57.2 Å². The molecule has 0 fully saturated rings. The van der Waals surface area contributed by atoms with Crippen LogP contribution in [0, 0.1) is 0 Å². The molecule has 344 valence electrons. The second-order valence-corrected chi connectivity index (χ2v) is 17.1. The van der Waals surface area contributed by atoms with Crippen molar-refractivity contribution in [3.05, 3.63) is 36.5 Å². The van der Waals surface area contributed by atoms with Gasteiger partial charge >= 0.3 is 17.9 Å². The molecule has 0 radical (unpaired) electrons. The molecule has 6 nitrogen and oxygen atoms in total. The molecule has 0 aromatic rings. The molecule has 0 saturated carbocycles. The Morgan fingerprint density at radius 2 is 0.610 bits per heavy atom. The van der Waals surface area contributed by atoms with Crippen LogP contribution in [0.4, 0.5) is 0 Å². The minimum absolute atomic E-state index is 0.0722. The first-order valence-electron chi connectivity index (χ1n) is 25.5. The zero-order valence-electron chi connectivity index (χ0n) is 39.3. The lowest BCUT2D eigenvalue weighted by atomic mass is 10.0. The molecule has 1 atom stereocenters. The van der Waals surface area contributed by atoms with E-state index in [0.29, 0.717) is 19.3 Å². The quantitative estimate of drug-likeness (QED) is 0.0263. The number of esters is 3. The van der Waals surface area contributed by atoms with Gasteiger partial charge in [-0.15, -0.1) is 0 Å². The van der Waals surface area contributed by atoms with Crippen molar-refractivity contribution in [2.45, 2.75) is 271 Å². The Kier molecular flexibility index (Phi) is 46.4. The number of hydrogen-bond acceptors (Lipinski definition) is 6. The molecule has 0 aromatic heterocycles. The number of ether oxygens (including phenoxy) is 3. The van der Waals surface area contributed by atoms with Crippen molar-refractivity contribution in [3.63, 3.8) is 0 Å². The molecule has 0 N–H and O–H groups in total. The van der Waals surface area contributed by atoms with Crippen LogP contribution >= 0.6 is 0 Å². The topological polar surface area (TPSA) is 78.9 Å². The fourth-order valence-electron chi connectivity index (χ4n) is 7.27. The fraction of sp³-hybridized carbons (Fsp3) is 0.830. The van der Waals surface area contributed by atoms with Gasteiger partial charge in [-0.2, -0.15) is 0 Å². The van der Waals surface area contributed by atoms with E-state index in [-0.39, 0.29) is 31.1 Å². The van der Waals surface area contributed by atoms with Crippen LogP contribution in [-0.2, 0) is 28.6 Å². The standard InChI is InChI=1S/C53H96O6/c1-4-7-10-13-16-18-20-22-23-24-25-26-27-28-29-30-31-32-34-35-37-40-43-46-52(55)58-49-50(48-57-51(54)45-42-39-15-12-9-6-3)59-53(56)47-44-41-38-36-33-21-19-17-14-11-8-5-2/h20,22,24-25,27-28,50H,4-19,21,23,26,29-49H2,1-3H3/b22-20-,25-24-,28-27-. The van der Waals surface area contributed by atoms with Crippen LogP contribution in [0.2, 0.25) is 0 Å². The monoisotopic (exact) mass is 829 g/mol. The maximum atomic E-state index is 12.7. The smallest absolute Gasteiger partial charge is 0.306 e. The summed E-state index contributed by atoms with van der Waals surface area (Å²) in [6.45, 7) is 6.57. The highest BCUT2D eigenvalue weighted by atomic mass is 16.6.